The Balaban J connectivity index is 2.47. The molecule has 24 heavy (non-hydrogen) atoms. The van der Waals surface area contributed by atoms with Crippen molar-refractivity contribution in [1.29, 1.82) is 0 Å². The fraction of sp³-hybridized carbons (Fsp3) is 0.400. The van der Waals surface area contributed by atoms with Crippen molar-refractivity contribution in [2.45, 2.75) is 32.3 Å². The first kappa shape index (κ1) is 18.3. The third-order valence-corrected chi connectivity index (χ3v) is 4.06. The van der Waals surface area contributed by atoms with Crippen molar-refractivity contribution >= 4 is 0 Å². The summed E-state index contributed by atoms with van der Waals surface area (Å²) in [5.74, 6) is 1.52. The standard InChI is InChI=1S/C20H26O4/c1-4-5-14-6-8-20(24-3)18(10-14)15-7-9-19(23-2)16(11-15)12-17(22)13-21/h6-11,17,21-22H,4-5,12-13H2,1-3H3. The zero-order valence-electron chi connectivity index (χ0n) is 14.6. The molecule has 0 saturated heterocycles. The predicted octanol–water partition coefficient (Wildman–Crippen LogP) is 3.22. The highest BCUT2D eigenvalue weighted by Crippen LogP contribution is 2.34. The van der Waals surface area contributed by atoms with E-state index in [2.05, 4.69) is 19.1 Å². The van der Waals surface area contributed by atoms with Gasteiger partial charge in [0.2, 0.25) is 0 Å². The van der Waals surface area contributed by atoms with Gasteiger partial charge in [0.15, 0.2) is 0 Å². The lowest BCUT2D eigenvalue weighted by Gasteiger charge is -2.15. The van der Waals surface area contributed by atoms with Gasteiger partial charge in [0.1, 0.15) is 11.5 Å². The lowest BCUT2D eigenvalue weighted by Crippen LogP contribution is -2.15. The molecule has 2 N–H and O–H groups in total. The molecular weight excluding hydrogens is 304 g/mol. The molecule has 2 aromatic carbocycles. The number of ether oxygens (including phenoxy) is 2. The van der Waals surface area contributed by atoms with Gasteiger partial charge in [-0.1, -0.05) is 25.5 Å². The van der Waals surface area contributed by atoms with Gasteiger partial charge < -0.3 is 19.7 Å². The van der Waals surface area contributed by atoms with Gasteiger partial charge in [0.05, 0.1) is 26.9 Å². The third-order valence-electron chi connectivity index (χ3n) is 4.06. The molecule has 2 rings (SSSR count). The summed E-state index contributed by atoms with van der Waals surface area (Å²) >= 11 is 0. The maximum Gasteiger partial charge on any atom is 0.126 e. The van der Waals surface area contributed by atoms with Crippen LogP contribution in [0, 0.1) is 0 Å². The molecule has 130 valence electrons. The largest absolute Gasteiger partial charge is 0.496 e. The molecule has 0 aliphatic heterocycles. The van der Waals surface area contributed by atoms with Crippen LogP contribution in [0.3, 0.4) is 0 Å². The minimum atomic E-state index is -0.803. The van der Waals surface area contributed by atoms with Crippen LogP contribution < -0.4 is 9.47 Å². The fourth-order valence-corrected chi connectivity index (χ4v) is 2.85. The van der Waals surface area contributed by atoms with Crippen molar-refractivity contribution < 1.29 is 19.7 Å². The summed E-state index contributed by atoms with van der Waals surface area (Å²) in [7, 11) is 3.27. The molecule has 4 heteroatoms. The second-order valence-electron chi connectivity index (χ2n) is 5.85. The van der Waals surface area contributed by atoms with E-state index in [0.29, 0.717) is 12.2 Å². The van der Waals surface area contributed by atoms with Gasteiger partial charge in [-0.05, 0) is 47.4 Å². The molecule has 0 heterocycles. The van der Waals surface area contributed by atoms with E-state index in [-0.39, 0.29) is 6.61 Å². The molecule has 1 atom stereocenters. The van der Waals surface area contributed by atoms with Gasteiger partial charge in [-0.3, -0.25) is 0 Å². The van der Waals surface area contributed by atoms with E-state index in [9.17, 15) is 5.11 Å². The first-order valence-electron chi connectivity index (χ1n) is 8.26. The van der Waals surface area contributed by atoms with Gasteiger partial charge in [-0.25, -0.2) is 0 Å². The number of hydrogen-bond donors (Lipinski definition) is 2. The van der Waals surface area contributed by atoms with Gasteiger partial charge in [0, 0.05) is 12.0 Å². The second kappa shape index (κ2) is 8.71. The Morgan fingerprint density at radius 2 is 1.71 bits per heavy atom. The van der Waals surface area contributed by atoms with Crippen molar-refractivity contribution in [1.82, 2.24) is 0 Å². The summed E-state index contributed by atoms with van der Waals surface area (Å²) in [6, 6.07) is 12.1. The van der Waals surface area contributed by atoms with E-state index < -0.39 is 6.10 Å². The number of methoxy groups -OCH3 is 2. The van der Waals surface area contributed by atoms with Crippen LogP contribution in [0.1, 0.15) is 24.5 Å². The molecule has 2 aromatic rings. The molecule has 1 unspecified atom stereocenters. The quantitative estimate of drug-likeness (QED) is 0.780. The average molecular weight is 330 g/mol. The first-order valence-corrected chi connectivity index (χ1v) is 8.26. The van der Waals surface area contributed by atoms with E-state index in [1.54, 1.807) is 14.2 Å². The number of aliphatic hydroxyl groups is 2. The third kappa shape index (κ3) is 4.28. The molecule has 0 spiro atoms. The van der Waals surface area contributed by atoms with Crippen LogP contribution >= 0.6 is 0 Å². The monoisotopic (exact) mass is 330 g/mol. The summed E-state index contributed by atoms with van der Waals surface area (Å²) in [6.07, 6.45) is 1.64. The topological polar surface area (TPSA) is 58.9 Å². The first-order chi connectivity index (χ1) is 11.6. The van der Waals surface area contributed by atoms with Crippen LogP contribution in [0.25, 0.3) is 11.1 Å². The van der Waals surface area contributed by atoms with Crippen molar-refractivity contribution in [2.24, 2.45) is 0 Å². The SMILES string of the molecule is CCCc1ccc(OC)c(-c2ccc(OC)c(CC(O)CO)c2)c1. The van der Waals surface area contributed by atoms with Crippen LogP contribution in [0.15, 0.2) is 36.4 Å². The molecular formula is C20H26O4. The van der Waals surface area contributed by atoms with Gasteiger partial charge >= 0.3 is 0 Å². The molecule has 0 aromatic heterocycles. The number of hydrogen-bond acceptors (Lipinski definition) is 4. The summed E-state index contributed by atoms with van der Waals surface area (Å²) in [6.45, 7) is 1.88. The van der Waals surface area contributed by atoms with Crippen molar-refractivity contribution in [3.8, 4) is 22.6 Å². The van der Waals surface area contributed by atoms with Crippen molar-refractivity contribution in [2.75, 3.05) is 20.8 Å². The summed E-state index contributed by atoms with van der Waals surface area (Å²) in [5, 5.41) is 18.9. The Hall–Kier alpha value is -2.04. The highest BCUT2D eigenvalue weighted by molar-refractivity contribution is 5.72. The van der Waals surface area contributed by atoms with E-state index >= 15 is 0 Å². The molecule has 0 radical (unpaired) electrons. The van der Waals surface area contributed by atoms with Crippen LogP contribution in [0.2, 0.25) is 0 Å². The van der Waals surface area contributed by atoms with E-state index in [1.807, 2.05) is 24.3 Å². The van der Waals surface area contributed by atoms with Gasteiger partial charge in [-0.2, -0.15) is 0 Å². The molecule has 0 bridgehead atoms. The molecule has 0 amide bonds. The Kier molecular flexibility index (Phi) is 6.64. The van der Waals surface area contributed by atoms with Crippen LogP contribution in [-0.2, 0) is 12.8 Å². The normalized spacial score (nSPS) is 12.0. The maximum atomic E-state index is 9.78. The summed E-state index contributed by atoms with van der Waals surface area (Å²) in [5.41, 5.74) is 4.15. The molecule has 0 aliphatic rings. The Labute approximate surface area is 143 Å². The van der Waals surface area contributed by atoms with Crippen molar-refractivity contribution in [3.05, 3.63) is 47.5 Å². The molecule has 0 aliphatic carbocycles. The van der Waals surface area contributed by atoms with Crippen LogP contribution in [0.5, 0.6) is 11.5 Å². The van der Waals surface area contributed by atoms with Gasteiger partial charge in [0.25, 0.3) is 0 Å². The highest BCUT2D eigenvalue weighted by atomic mass is 16.5. The molecule has 0 saturated carbocycles. The Bertz CT molecular complexity index is 667. The van der Waals surface area contributed by atoms with Crippen molar-refractivity contribution in [3.63, 3.8) is 0 Å². The lowest BCUT2D eigenvalue weighted by atomic mass is 9.96. The fourth-order valence-electron chi connectivity index (χ4n) is 2.85. The molecule has 4 nitrogen and oxygen atoms in total. The lowest BCUT2D eigenvalue weighted by molar-refractivity contribution is 0.0950. The highest BCUT2D eigenvalue weighted by Gasteiger charge is 2.13. The number of aryl methyl sites for hydroxylation is 1. The predicted molar refractivity (Wildman–Crippen MR) is 95.8 cm³/mol. The van der Waals surface area contributed by atoms with E-state index in [4.69, 9.17) is 14.6 Å². The Morgan fingerprint density at radius 1 is 1.00 bits per heavy atom. The Morgan fingerprint density at radius 3 is 2.33 bits per heavy atom. The minimum absolute atomic E-state index is 0.275. The minimum Gasteiger partial charge on any atom is -0.496 e. The zero-order valence-corrected chi connectivity index (χ0v) is 14.6. The summed E-state index contributed by atoms with van der Waals surface area (Å²) in [4.78, 5) is 0. The number of rotatable bonds is 8. The number of benzene rings is 2. The zero-order chi connectivity index (χ0) is 17.5. The smallest absolute Gasteiger partial charge is 0.126 e. The number of aliphatic hydroxyl groups excluding tert-OH is 2. The summed E-state index contributed by atoms with van der Waals surface area (Å²) < 4.78 is 10.9. The molecule has 0 fully saturated rings. The average Bonchev–Trinajstić information content (AvgIpc) is 2.61. The maximum absolute atomic E-state index is 9.78. The second-order valence-corrected chi connectivity index (χ2v) is 5.85. The van der Waals surface area contributed by atoms with E-state index in [1.165, 1.54) is 5.56 Å². The van der Waals surface area contributed by atoms with Gasteiger partial charge in [-0.15, -0.1) is 0 Å². The van der Waals surface area contributed by atoms with E-state index in [0.717, 1.165) is 35.3 Å². The van der Waals surface area contributed by atoms with Crippen LogP contribution in [-0.4, -0.2) is 37.1 Å². The van der Waals surface area contributed by atoms with Crippen LogP contribution in [0.4, 0.5) is 0 Å².